The average molecular weight is 301 g/mol. The predicted octanol–water partition coefficient (Wildman–Crippen LogP) is 1.65. The van der Waals surface area contributed by atoms with Crippen LogP contribution in [0.25, 0.3) is 0 Å². The number of methoxy groups -OCH3 is 1. The van der Waals surface area contributed by atoms with Gasteiger partial charge < -0.3 is 14.6 Å². The molecule has 92 valence electrons. The molecule has 1 aliphatic heterocycles. The summed E-state index contributed by atoms with van der Waals surface area (Å²) in [4.78, 5) is 12.2. The Balaban J connectivity index is 2.28. The van der Waals surface area contributed by atoms with Crippen molar-refractivity contribution in [3.8, 4) is 5.75 Å². The van der Waals surface area contributed by atoms with Crippen molar-refractivity contribution >= 4 is 21.7 Å². The maximum absolute atomic E-state index is 12.2. The summed E-state index contributed by atoms with van der Waals surface area (Å²) >= 11 is 3.33. The van der Waals surface area contributed by atoms with Gasteiger partial charge in [-0.1, -0.05) is 0 Å². The van der Waals surface area contributed by atoms with Crippen molar-refractivity contribution in [3.05, 3.63) is 28.2 Å². The van der Waals surface area contributed by atoms with Crippen LogP contribution in [-0.2, 0) is 4.74 Å². The van der Waals surface area contributed by atoms with Crippen molar-refractivity contribution in [1.82, 2.24) is 0 Å². The molecule has 0 unspecified atom stereocenters. The smallest absolute Gasteiger partial charge is 0.176 e. The van der Waals surface area contributed by atoms with Gasteiger partial charge in [0.15, 0.2) is 5.78 Å². The first-order valence-electron chi connectivity index (χ1n) is 5.20. The Morgan fingerprint density at radius 2 is 2.29 bits per heavy atom. The molecular formula is C12H13BrO4. The summed E-state index contributed by atoms with van der Waals surface area (Å²) in [7, 11) is 1.57. The Hall–Kier alpha value is -0.910. The number of hydrogen-bond donors (Lipinski definition) is 1. The molecule has 0 aromatic heterocycles. The van der Waals surface area contributed by atoms with Gasteiger partial charge in [0.25, 0.3) is 0 Å². The van der Waals surface area contributed by atoms with E-state index < -0.39 is 5.41 Å². The molecule has 1 fully saturated rings. The van der Waals surface area contributed by atoms with Crippen LogP contribution in [0.4, 0.5) is 0 Å². The Morgan fingerprint density at radius 1 is 1.59 bits per heavy atom. The molecule has 0 aliphatic carbocycles. The van der Waals surface area contributed by atoms with E-state index in [4.69, 9.17) is 9.47 Å². The maximum atomic E-state index is 12.2. The number of hydrogen-bond acceptors (Lipinski definition) is 4. The van der Waals surface area contributed by atoms with Crippen molar-refractivity contribution < 1.29 is 19.4 Å². The van der Waals surface area contributed by atoms with Gasteiger partial charge in [-0.15, -0.1) is 0 Å². The minimum atomic E-state index is -0.756. The molecule has 1 N–H and O–H groups in total. The van der Waals surface area contributed by atoms with Crippen LogP contribution in [0.3, 0.4) is 0 Å². The lowest BCUT2D eigenvalue weighted by Crippen LogP contribution is -2.51. The van der Waals surface area contributed by atoms with Crippen LogP contribution in [0.2, 0.25) is 0 Å². The largest absolute Gasteiger partial charge is 0.496 e. The molecule has 4 nitrogen and oxygen atoms in total. The molecule has 0 amide bonds. The van der Waals surface area contributed by atoms with Crippen molar-refractivity contribution in [2.24, 2.45) is 5.41 Å². The van der Waals surface area contributed by atoms with Crippen LogP contribution in [0.5, 0.6) is 5.75 Å². The molecule has 0 atom stereocenters. The van der Waals surface area contributed by atoms with E-state index in [2.05, 4.69) is 15.9 Å². The highest BCUT2D eigenvalue weighted by molar-refractivity contribution is 9.10. The van der Waals surface area contributed by atoms with Gasteiger partial charge in [0.2, 0.25) is 0 Å². The molecule has 0 radical (unpaired) electrons. The number of benzene rings is 1. The number of carbonyl (C=O) groups excluding carboxylic acids is 1. The topological polar surface area (TPSA) is 55.8 Å². The fourth-order valence-electron chi connectivity index (χ4n) is 1.76. The number of aliphatic hydroxyl groups excluding tert-OH is 1. The predicted molar refractivity (Wildman–Crippen MR) is 65.4 cm³/mol. The number of rotatable bonds is 4. The molecule has 0 spiro atoms. The van der Waals surface area contributed by atoms with Gasteiger partial charge in [-0.25, -0.2) is 0 Å². The zero-order chi connectivity index (χ0) is 12.5. The molecule has 5 heteroatoms. The van der Waals surface area contributed by atoms with E-state index in [9.17, 15) is 9.90 Å². The first-order chi connectivity index (χ1) is 8.13. The van der Waals surface area contributed by atoms with Gasteiger partial charge in [-0.2, -0.15) is 0 Å². The SMILES string of the molecule is COc1ccc(C(=O)C2(CO)COC2)cc1Br. The lowest BCUT2D eigenvalue weighted by Gasteiger charge is -2.38. The lowest BCUT2D eigenvalue weighted by atomic mass is 9.79. The fraction of sp³-hybridized carbons (Fsp3) is 0.417. The van der Waals surface area contributed by atoms with Crippen molar-refractivity contribution in [2.75, 3.05) is 26.9 Å². The van der Waals surface area contributed by atoms with Gasteiger partial charge >= 0.3 is 0 Å². The Morgan fingerprint density at radius 3 is 2.71 bits per heavy atom. The van der Waals surface area contributed by atoms with Crippen LogP contribution in [0, 0.1) is 5.41 Å². The average Bonchev–Trinajstić information content (AvgIpc) is 2.28. The summed E-state index contributed by atoms with van der Waals surface area (Å²) in [6, 6.07) is 5.13. The van der Waals surface area contributed by atoms with E-state index in [1.807, 2.05) is 0 Å². The zero-order valence-corrected chi connectivity index (χ0v) is 11.0. The molecule has 1 saturated heterocycles. The third-order valence-corrected chi connectivity index (χ3v) is 3.57. The number of halogens is 1. The third-order valence-electron chi connectivity index (χ3n) is 2.96. The monoisotopic (exact) mass is 300 g/mol. The molecule has 0 saturated carbocycles. The second kappa shape index (κ2) is 4.76. The van der Waals surface area contributed by atoms with E-state index in [-0.39, 0.29) is 25.6 Å². The number of aliphatic hydroxyl groups is 1. The quantitative estimate of drug-likeness (QED) is 0.859. The summed E-state index contributed by atoms with van der Waals surface area (Å²) < 4.78 is 10.9. The first kappa shape index (κ1) is 12.5. The van der Waals surface area contributed by atoms with E-state index in [0.29, 0.717) is 11.3 Å². The summed E-state index contributed by atoms with van der Waals surface area (Å²) in [6.45, 7) is 0.382. The molecule has 0 bridgehead atoms. The molecule has 1 aliphatic rings. The Labute approximate surface area is 108 Å². The van der Waals surface area contributed by atoms with Gasteiger partial charge in [-0.3, -0.25) is 4.79 Å². The van der Waals surface area contributed by atoms with Crippen LogP contribution in [0.15, 0.2) is 22.7 Å². The lowest BCUT2D eigenvalue weighted by molar-refractivity contribution is -0.109. The van der Waals surface area contributed by atoms with E-state index >= 15 is 0 Å². The second-order valence-corrected chi connectivity index (χ2v) is 4.96. The van der Waals surface area contributed by atoms with Crippen LogP contribution >= 0.6 is 15.9 Å². The third kappa shape index (κ3) is 2.10. The Bertz CT molecular complexity index is 435. The van der Waals surface area contributed by atoms with Crippen molar-refractivity contribution in [1.29, 1.82) is 0 Å². The highest BCUT2D eigenvalue weighted by Crippen LogP contribution is 2.33. The van der Waals surface area contributed by atoms with Gasteiger partial charge in [0.05, 0.1) is 31.4 Å². The van der Waals surface area contributed by atoms with E-state index in [0.717, 1.165) is 4.47 Å². The summed E-state index contributed by atoms with van der Waals surface area (Å²) in [5.74, 6) is 0.582. The molecular weight excluding hydrogens is 288 g/mol. The molecule has 2 rings (SSSR count). The number of ketones is 1. The minimum absolute atomic E-state index is 0.0883. The summed E-state index contributed by atoms with van der Waals surface area (Å²) in [6.07, 6.45) is 0. The van der Waals surface area contributed by atoms with Crippen LogP contribution in [-0.4, -0.2) is 37.8 Å². The van der Waals surface area contributed by atoms with E-state index in [1.165, 1.54) is 0 Å². The highest BCUT2D eigenvalue weighted by atomic mass is 79.9. The van der Waals surface area contributed by atoms with Gasteiger partial charge in [-0.05, 0) is 34.1 Å². The van der Waals surface area contributed by atoms with E-state index in [1.54, 1.807) is 25.3 Å². The summed E-state index contributed by atoms with van der Waals surface area (Å²) in [5.41, 5.74) is -0.205. The number of ether oxygens (including phenoxy) is 2. The Kier molecular flexibility index (Phi) is 3.51. The maximum Gasteiger partial charge on any atom is 0.176 e. The van der Waals surface area contributed by atoms with Crippen molar-refractivity contribution in [3.63, 3.8) is 0 Å². The molecule has 1 aromatic carbocycles. The fourth-order valence-corrected chi connectivity index (χ4v) is 2.30. The highest BCUT2D eigenvalue weighted by Gasteiger charge is 2.45. The second-order valence-electron chi connectivity index (χ2n) is 4.11. The standard InChI is InChI=1S/C12H13BrO4/c1-16-10-3-2-8(4-9(10)13)11(15)12(5-14)6-17-7-12/h2-4,14H,5-7H2,1H3. The first-order valence-corrected chi connectivity index (χ1v) is 5.99. The van der Waals surface area contributed by atoms with Gasteiger partial charge in [0, 0.05) is 5.56 Å². The van der Waals surface area contributed by atoms with Crippen LogP contribution < -0.4 is 4.74 Å². The normalized spacial score (nSPS) is 17.4. The molecule has 17 heavy (non-hydrogen) atoms. The molecule has 1 heterocycles. The molecule has 1 aromatic rings. The minimum Gasteiger partial charge on any atom is -0.496 e. The zero-order valence-electron chi connectivity index (χ0n) is 9.40. The van der Waals surface area contributed by atoms with Crippen molar-refractivity contribution in [2.45, 2.75) is 0 Å². The number of carbonyl (C=O) groups is 1. The van der Waals surface area contributed by atoms with Crippen LogP contribution in [0.1, 0.15) is 10.4 Å². The van der Waals surface area contributed by atoms with Gasteiger partial charge in [0.1, 0.15) is 11.2 Å². The summed E-state index contributed by atoms with van der Waals surface area (Å²) in [5, 5.41) is 9.30. The number of Topliss-reactive ketones (excluding diaryl/α,β-unsaturated/α-hetero) is 1.